The second-order valence-electron chi connectivity index (χ2n) is 4.01. The highest BCUT2D eigenvalue weighted by molar-refractivity contribution is 7.99. The molecule has 0 fully saturated rings. The van der Waals surface area contributed by atoms with Gasteiger partial charge in [0.1, 0.15) is 12.4 Å². The van der Waals surface area contributed by atoms with Gasteiger partial charge < -0.3 is 9.84 Å². The number of hydrogen-bond donors (Lipinski definition) is 1. The van der Waals surface area contributed by atoms with E-state index in [-0.39, 0.29) is 12.4 Å². The van der Waals surface area contributed by atoms with E-state index >= 15 is 0 Å². The van der Waals surface area contributed by atoms with Gasteiger partial charge in [-0.25, -0.2) is 0 Å². The van der Waals surface area contributed by atoms with E-state index in [0.29, 0.717) is 6.42 Å². The van der Waals surface area contributed by atoms with E-state index in [1.165, 1.54) is 0 Å². The maximum Gasteiger partial charge on any atom is 0.158 e. The molecule has 0 heterocycles. The largest absolute Gasteiger partial charge is 0.496 e. The smallest absolute Gasteiger partial charge is 0.158 e. The number of thioether (sulfide) groups is 1. The summed E-state index contributed by atoms with van der Waals surface area (Å²) in [4.78, 5) is 12.0. The molecule has 1 rings (SSSR count). The number of aliphatic hydroxyl groups excluding tert-OH is 1. The summed E-state index contributed by atoms with van der Waals surface area (Å²) in [5, 5.41) is 8.58. The Bertz CT molecular complexity index is 366. The average Bonchev–Trinajstić information content (AvgIpc) is 2.42. The van der Waals surface area contributed by atoms with Crippen molar-refractivity contribution in [1.29, 1.82) is 0 Å². The third-order valence-corrected chi connectivity index (χ3v) is 3.74. The number of para-hydroxylation sites is 1. The Balaban J connectivity index is 2.16. The van der Waals surface area contributed by atoms with Crippen LogP contribution in [0.25, 0.3) is 0 Å². The molecule has 0 bridgehead atoms. The topological polar surface area (TPSA) is 46.5 Å². The molecule has 0 radical (unpaired) electrons. The number of ketones is 1. The van der Waals surface area contributed by atoms with Crippen molar-refractivity contribution in [2.24, 2.45) is 0 Å². The number of carbonyl (C=O) groups excluding carboxylic acids is 1. The summed E-state index contributed by atoms with van der Waals surface area (Å²) in [6.07, 6.45) is 3.46. The van der Waals surface area contributed by atoms with Crippen LogP contribution in [0.2, 0.25) is 0 Å². The minimum absolute atomic E-state index is 0.0626. The quantitative estimate of drug-likeness (QED) is 0.552. The maximum absolute atomic E-state index is 10.9. The third kappa shape index (κ3) is 5.56. The molecule has 0 saturated heterocycles. The van der Waals surface area contributed by atoms with Crippen LogP contribution >= 0.6 is 11.8 Å². The minimum atomic E-state index is -0.323. The maximum atomic E-state index is 10.9. The molecule has 1 aromatic carbocycles. The normalized spacial score (nSPS) is 10.3. The number of unbranched alkanes of at least 4 members (excludes halogenated alkanes) is 2. The van der Waals surface area contributed by atoms with E-state index in [9.17, 15) is 4.79 Å². The zero-order chi connectivity index (χ0) is 13.2. The van der Waals surface area contributed by atoms with Gasteiger partial charge in [-0.3, -0.25) is 4.79 Å². The van der Waals surface area contributed by atoms with Gasteiger partial charge >= 0.3 is 0 Å². The summed E-state index contributed by atoms with van der Waals surface area (Å²) in [5.74, 6) is 1.87. The molecule has 3 nitrogen and oxygen atoms in total. The van der Waals surface area contributed by atoms with Crippen molar-refractivity contribution in [3.63, 3.8) is 0 Å². The predicted molar refractivity (Wildman–Crippen MR) is 74.3 cm³/mol. The highest BCUT2D eigenvalue weighted by atomic mass is 32.2. The van der Waals surface area contributed by atoms with Gasteiger partial charge in [0.2, 0.25) is 0 Å². The summed E-state index contributed by atoms with van der Waals surface area (Å²) >= 11 is 1.78. The highest BCUT2D eigenvalue weighted by Gasteiger charge is 2.02. The van der Waals surface area contributed by atoms with Gasteiger partial charge in [-0.05, 0) is 30.7 Å². The lowest BCUT2D eigenvalue weighted by atomic mass is 10.1. The molecule has 0 saturated carbocycles. The Morgan fingerprint density at radius 1 is 1.28 bits per heavy atom. The second kappa shape index (κ2) is 9.00. The summed E-state index contributed by atoms with van der Waals surface area (Å²) in [6.45, 7) is -0.323. The second-order valence-corrected chi connectivity index (χ2v) is 5.14. The molecule has 0 aliphatic carbocycles. The molecule has 4 heteroatoms. The van der Waals surface area contributed by atoms with Gasteiger partial charge in [-0.1, -0.05) is 18.6 Å². The predicted octanol–water partition coefficient (Wildman–Crippen LogP) is 2.91. The Morgan fingerprint density at radius 3 is 2.78 bits per heavy atom. The first-order chi connectivity index (χ1) is 8.77. The lowest BCUT2D eigenvalue weighted by Crippen LogP contribution is -2.02. The number of benzene rings is 1. The number of aliphatic hydroxyl groups is 1. The molecule has 0 unspecified atom stereocenters. The monoisotopic (exact) mass is 268 g/mol. The van der Waals surface area contributed by atoms with Gasteiger partial charge in [0.15, 0.2) is 5.78 Å². The fourth-order valence-corrected chi connectivity index (χ4v) is 2.64. The summed E-state index contributed by atoms with van der Waals surface area (Å²) in [6, 6.07) is 7.98. The molecule has 0 spiro atoms. The van der Waals surface area contributed by atoms with Crippen LogP contribution in [0.3, 0.4) is 0 Å². The average molecular weight is 268 g/mol. The molecule has 1 N–H and O–H groups in total. The van der Waals surface area contributed by atoms with Crippen LogP contribution < -0.4 is 4.74 Å². The fraction of sp³-hybridized carbons (Fsp3) is 0.500. The lowest BCUT2D eigenvalue weighted by molar-refractivity contribution is -0.121. The van der Waals surface area contributed by atoms with E-state index in [2.05, 4.69) is 6.07 Å². The standard InChI is InChI=1S/C14H20O3S/c1-17-13-8-4-5-9-14(13)18-10-6-2-3-7-12(16)11-15/h4-5,8-9,15H,2-3,6-7,10-11H2,1H3. The van der Waals surface area contributed by atoms with Crippen LogP contribution in [0.5, 0.6) is 5.75 Å². The Labute approximate surface area is 113 Å². The van der Waals surface area contributed by atoms with E-state index < -0.39 is 0 Å². The summed E-state index contributed by atoms with van der Waals surface area (Å²) < 4.78 is 5.28. The molecule has 1 aromatic rings. The van der Waals surface area contributed by atoms with Crippen molar-refractivity contribution in [3.8, 4) is 5.75 Å². The van der Waals surface area contributed by atoms with Crippen molar-refractivity contribution in [1.82, 2.24) is 0 Å². The number of methoxy groups -OCH3 is 1. The van der Waals surface area contributed by atoms with Gasteiger partial charge in [0, 0.05) is 11.3 Å². The van der Waals surface area contributed by atoms with Crippen molar-refractivity contribution >= 4 is 17.5 Å². The Hall–Kier alpha value is -1.00. The lowest BCUT2D eigenvalue weighted by Gasteiger charge is -2.07. The fourth-order valence-electron chi connectivity index (χ4n) is 1.60. The highest BCUT2D eigenvalue weighted by Crippen LogP contribution is 2.29. The molecule has 18 heavy (non-hydrogen) atoms. The summed E-state index contributed by atoms with van der Waals surface area (Å²) in [5.41, 5.74) is 0. The SMILES string of the molecule is COc1ccccc1SCCCCCC(=O)CO. The van der Waals surface area contributed by atoms with E-state index in [0.717, 1.165) is 35.7 Å². The molecule has 0 aliphatic heterocycles. The van der Waals surface area contributed by atoms with E-state index in [4.69, 9.17) is 9.84 Å². The number of rotatable bonds is 9. The van der Waals surface area contributed by atoms with Crippen LogP contribution in [-0.2, 0) is 4.79 Å². The number of hydrogen-bond acceptors (Lipinski definition) is 4. The van der Waals surface area contributed by atoms with Crippen LogP contribution in [-0.4, -0.2) is 30.4 Å². The molecular formula is C14H20O3S. The minimum Gasteiger partial charge on any atom is -0.496 e. The van der Waals surface area contributed by atoms with Crippen molar-refractivity contribution in [3.05, 3.63) is 24.3 Å². The Kier molecular flexibility index (Phi) is 7.53. The van der Waals surface area contributed by atoms with Crippen molar-refractivity contribution < 1.29 is 14.6 Å². The summed E-state index contributed by atoms with van der Waals surface area (Å²) in [7, 11) is 1.68. The molecule has 0 amide bonds. The molecular weight excluding hydrogens is 248 g/mol. The first kappa shape index (κ1) is 15.1. The number of ether oxygens (including phenoxy) is 1. The Morgan fingerprint density at radius 2 is 2.06 bits per heavy atom. The van der Waals surface area contributed by atoms with E-state index in [1.54, 1.807) is 18.9 Å². The molecule has 0 aromatic heterocycles. The third-order valence-electron chi connectivity index (χ3n) is 2.60. The van der Waals surface area contributed by atoms with Crippen LogP contribution in [0.1, 0.15) is 25.7 Å². The number of carbonyl (C=O) groups is 1. The van der Waals surface area contributed by atoms with Gasteiger partial charge in [0.25, 0.3) is 0 Å². The van der Waals surface area contributed by atoms with E-state index in [1.807, 2.05) is 18.2 Å². The first-order valence-corrected chi connectivity index (χ1v) is 7.15. The van der Waals surface area contributed by atoms with Crippen LogP contribution in [0.15, 0.2) is 29.2 Å². The molecule has 100 valence electrons. The van der Waals surface area contributed by atoms with Gasteiger partial charge in [0.05, 0.1) is 7.11 Å². The van der Waals surface area contributed by atoms with Crippen LogP contribution in [0, 0.1) is 0 Å². The van der Waals surface area contributed by atoms with Crippen molar-refractivity contribution in [2.75, 3.05) is 19.5 Å². The zero-order valence-electron chi connectivity index (χ0n) is 10.7. The van der Waals surface area contributed by atoms with Gasteiger partial charge in [-0.2, -0.15) is 0 Å². The molecule has 0 aliphatic rings. The first-order valence-electron chi connectivity index (χ1n) is 6.16. The molecule has 0 atom stereocenters. The van der Waals surface area contributed by atoms with Crippen LogP contribution in [0.4, 0.5) is 0 Å². The number of Topliss-reactive ketones (excluding diaryl/α,β-unsaturated/α-hetero) is 1. The zero-order valence-corrected chi connectivity index (χ0v) is 11.5. The van der Waals surface area contributed by atoms with Gasteiger partial charge in [-0.15, -0.1) is 11.8 Å². The van der Waals surface area contributed by atoms with Crippen molar-refractivity contribution in [2.45, 2.75) is 30.6 Å².